The zero-order chi connectivity index (χ0) is 23.5. The number of likely N-dealkylation sites (tertiary alicyclic amines) is 1. The van der Waals surface area contributed by atoms with Crippen molar-refractivity contribution in [1.82, 2.24) is 4.90 Å². The van der Waals surface area contributed by atoms with Crippen LogP contribution in [0.4, 0.5) is 0 Å². The highest BCUT2D eigenvalue weighted by atomic mass is 16.5. The standard InChI is InChI=1S/C26H28N4O3/c1-16(27)30-10-9-21(15-30)33-24-13-17(11-20-14-19(25(28)29)7-8-22(20)24)12-23(26(31)32)18-5-3-2-4-6-18/h2-8,11,13-14,21,23,27H,9-10,12,15H2,1H3,(H3,28,29)(H,31,32)/t21-,23-/m0/s1. The van der Waals surface area contributed by atoms with Crippen LogP contribution in [-0.4, -0.2) is 46.8 Å². The normalized spacial score (nSPS) is 16.5. The fourth-order valence-electron chi connectivity index (χ4n) is 4.35. The zero-order valence-electron chi connectivity index (χ0n) is 18.5. The molecule has 33 heavy (non-hydrogen) atoms. The lowest BCUT2D eigenvalue weighted by molar-refractivity contribution is -0.138. The fraction of sp³-hybridized carbons (Fsp3) is 0.269. The maximum atomic E-state index is 12.1. The fourth-order valence-corrected chi connectivity index (χ4v) is 4.35. The first kappa shape index (κ1) is 22.3. The van der Waals surface area contributed by atoms with Crippen LogP contribution in [0.5, 0.6) is 5.75 Å². The molecule has 1 saturated heterocycles. The highest BCUT2D eigenvalue weighted by molar-refractivity contribution is 6.00. The highest BCUT2D eigenvalue weighted by Gasteiger charge is 2.26. The molecule has 0 aromatic heterocycles. The first-order valence-electron chi connectivity index (χ1n) is 11.0. The Bertz CT molecular complexity index is 1210. The molecule has 0 saturated carbocycles. The number of aliphatic carboxylic acids is 1. The van der Waals surface area contributed by atoms with E-state index in [0.717, 1.165) is 34.9 Å². The predicted molar refractivity (Wildman–Crippen MR) is 129 cm³/mol. The monoisotopic (exact) mass is 444 g/mol. The maximum absolute atomic E-state index is 12.1. The van der Waals surface area contributed by atoms with Gasteiger partial charge in [0.2, 0.25) is 0 Å². The number of carboxylic acid groups (broad SMARTS) is 1. The molecule has 170 valence electrons. The van der Waals surface area contributed by atoms with E-state index in [2.05, 4.69) is 0 Å². The largest absolute Gasteiger partial charge is 0.488 e. The molecule has 0 unspecified atom stereocenters. The molecule has 1 aliphatic heterocycles. The minimum Gasteiger partial charge on any atom is -0.488 e. The van der Waals surface area contributed by atoms with Gasteiger partial charge in [-0.15, -0.1) is 0 Å². The number of rotatable bonds is 7. The second kappa shape index (κ2) is 9.32. The van der Waals surface area contributed by atoms with Gasteiger partial charge in [-0.25, -0.2) is 0 Å². The van der Waals surface area contributed by atoms with Crippen molar-refractivity contribution in [2.24, 2.45) is 5.73 Å². The number of carbonyl (C=O) groups is 1. The van der Waals surface area contributed by atoms with Crippen LogP contribution in [0.2, 0.25) is 0 Å². The summed E-state index contributed by atoms with van der Waals surface area (Å²) in [6.45, 7) is 3.20. The number of amidine groups is 2. The lowest BCUT2D eigenvalue weighted by atomic mass is 9.90. The van der Waals surface area contributed by atoms with Gasteiger partial charge in [0, 0.05) is 23.9 Å². The van der Waals surface area contributed by atoms with Gasteiger partial charge in [-0.1, -0.05) is 42.5 Å². The Morgan fingerprint density at radius 1 is 1.18 bits per heavy atom. The predicted octanol–water partition coefficient (Wildman–Crippen LogP) is 3.99. The van der Waals surface area contributed by atoms with Crippen LogP contribution in [0.1, 0.15) is 36.0 Å². The number of fused-ring (bicyclic) bond motifs is 1. The van der Waals surface area contributed by atoms with Gasteiger partial charge >= 0.3 is 5.97 Å². The number of nitrogens with one attached hydrogen (secondary N) is 2. The minimum atomic E-state index is -0.880. The molecular weight excluding hydrogens is 416 g/mol. The van der Waals surface area contributed by atoms with Crippen molar-refractivity contribution in [1.29, 1.82) is 10.8 Å². The molecule has 2 atom stereocenters. The summed E-state index contributed by atoms with van der Waals surface area (Å²) in [5.74, 6) is -0.378. The number of nitrogens with zero attached hydrogens (tertiary/aromatic N) is 1. The molecule has 0 spiro atoms. The van der Waals surface area contributed by atoms with E-state index in [1.54, 1.807) is 13.0 Å². The molecule has 0 radical (unpaired) electrons. The van der Waals surface area contributed by atoms with Crippen LogP contribution in [0.25, 0.3) is 10.8 Å². The van der Waals surface area contributed by atoms with E-state index in [1.165, 1.54) is 0 Å². The average molecular weight is 445 g/mol. The molecule has 3 aromatic carbocycles. The van der Waals surface area contributed by atoms with Gasteiger partial charge in [-0.05, 0) is 48.1 Å². The first-order valence-corrected chi connectivity index (χ1v) is 11.0. The second-order valence-corrected chi connectivity index (χ2v) is 8.51. The van der Waals surface area contributed by atoms with Crippen molar-refractivity contribution >= 4 is 28.4 Å². The SMILES string of the molecule is CC(=N)N1CC[C@H](Oc2cc(C[C@H](C(=O)O)c3ccccc3)cc3cc(C(=N)N)ccc23)C1. The number of ether oxygens (including phenoxy) is 1. The van der Waals surface area contributed by atoms with Crippen molar-refractivity contribution in [3.8, 4) is 5.75 Å². The molecule has 1 fully saturated rings. The van der Waals surface area contributed by atoms with Crippen LogP contribution >= 0.6 is 0 Å². The lowest BCUT2D eigenvalue weighted by Gasteiger charge is -2.20. The first-order chi connectivity index (χ1) is 15.8. The third-order valence-electron chi connectivity index (χ3n) is 6.14. The van der Waals surface area contributed by atoms with E-state index in [1.807, 2.05) is 59.5 Å². The van der Waals surface area contributed by atoms with Gasteiger partial charge in [0.25, 0.3) is 0 Å². The number of nitrogen functional groups attached to an aromatic ring is 1. The number of benzene rings is 3. The summed E-state index contributed by atoms with van der Waals surface area (Å²) in [5.41, 5.74) is 7.90. The number of nitrogens with two attached hydrogens (primary N) is 1. The van der Waals surface area contributed by atoms with Gasteiger partial charge in [-0.2, -0.15) is 0 Å². The third-order valence-corrected chi connectivity index (χ3v) is 6.14. The Hall–Kier alpha value is -3.87. The minimum absolute atomic E-state index is 0.0228. The maximum Gasteiger partial charge on any atom is 0.311 e. The van der Waals surface area contributed by atoms with Crippen LogP contribution in [-0.2, 0) is 11.2 Å². The molecule has 1 aliphatic rings. The van der Waals surface area contributed by atoms with E-state index < -0.39 is 11.9 Å². The van der Waals surface area contributed by atoms with Crippen LogP contribution in [0.15, 0.2) is 60.7 Å². The quantitative estimate of drug-likeness (QED) is 0.324. The Morgan fingerprint density at radius 2 is 1.94 bits per heavy atom. The molecule has 7 nitrogen and oxygen atoms in total. The van der Waals surface area contributed by atoms with Crippen molar-refractivity contribution < 1.29 is 14.6 Å². The topological polar surface area (TPSA) is 123 Å². The van der Waals surface area contributed by atoms with E-state index in [9.17, 15) is 9.90 Å². The van der Waals surface area contributed by atoms with Crippen LogP contribution in [0, 0.1) is 10.8 Å². The molecule has 0 aliphatic carbocycles. The average Bonchev–Trinajstić information content (AvgIpc) is 3.26. The summed E-state index contributed by atoms with van der Waals surface area (Å²) in [6, 6.07) is 18.6. The summed E-state index contributed by atoms with van der Waals surface area (Å²) in [6.07, 6.45) is 1.07. The Kier molecular flexibility index (Phi) is 6.31. The van der Waals surface area contributed by atoms with Gasteiger partial charge in [0.15, 0.2) is 0 Å². The molecule has 1 heterocycles. The Morgan fingerprint density at radius 3 is 2.58 bits per heavy atom. The Labute approximate surface area is 192 Å². The molecule has 0 bridgehead atoms. The molecule has 0 amide bonds. The molecule has 4 rings (SSSR count). The van der Waals surface area contributed by atoms with Crippen molar-refractivity contribution in [3.05, 3.63) is 77.4 Å². The van der Waals surface area contributed by atoms with Gasteiger partial charge < -0.3 is 20.5 Å². The van der Waals surface area contributed by atoms with E-state index in [-0.39, 0.29) is 11.9 Å². The van der Waals surface area contributed by atoms with Crippen LogP contribution < -0.4 is 10.5 Å². The van der Waals surface area contributed by atoms with Gasteiger partial charge in [-0.3, -0.25) is 15.6 Å². The van der Waals surface area contributed by atoms with E-state index >= 15 is 0 Å². The van der Waals surface area contributed by atoms with Crippen molar-refractivity contribution in [2.75, 3.05) is 13.1 Å². The summed E-state index contributed by atoms with van der Waals surface area (Å²) in [7, 11) is 0. The third kappa shape index (κ3) is 4.98. The number of hydrogen-bond donors (Lipinski definition) is 4. The second-order valence-electron chi connectivity index (χ2n) is 8.51. The number of hydrogen-bond acceptors (Lipinski definition) is 4. The Balaban J connectivity index is 1.72. The number of carboxylic acids is 1. The summed E-state index contributed by atoms with van der Waals surface area (Å²) >= 11 is 0. The summed E-state index contributed by atoms with van der Waals surface area (Å²) in [4.78, 5) is 14.1. The molecule has 5 N–H and O–H groups in total. The van der Waals surface area contributed by atoms with Crippen molar-refractivity contribution in [3.63, 3.8) is 0 Å². The van der Waals surface area contributed by atoms with E-state index in [4.69, 9.17) is 21.3 Å². The van der Waals surface area contributed by atoms with E-state index in [0.29, 0.717) is 30.1 Å². The van der Waals surface area contributed by atoms with Gasteiger partial charge in [0.05, 0.1) is 18.3 Å². The highest BCUT2D eigenvalue weighted by Crippen LogP contribution is 2.33. The van der Waals surface area contributed by atoms with Gasteiger partial charge in [0.1, 0.15) is 17.7 Å². The zero-order valence-corrected chi connectivity index (χ0v) is 18.5. The lowest BCUT2D eigenvalue weighted by Crippen LogP contribution is -2.28. The molecule has 7 heteroatoms. The van der Waals surface area contributed by atoms with Crippen LogP contribution in [0.3, 0.4) is 0 Å². The molecular formula is C26H28N4O3. The summed E-state index contributed by atoms with van der Waals surface area (Å²) in [5, 5.41) is 27.3. The summed E-state index contributed by atoms with van der Waals surface area (Å²) < 4.78 is 6.39. The smallest absolute Gasteiger partial charge is 0.311 e. The van der Waals surface area contributed by atoms with Crippen molar-refractivity contribution in [2.45, 2.75) is 31.8 Å². The molecule has 3 aromatic rings.